The average Bonchev–Trinajstić information content (AvgIpc) is 2.95. The van der Waals surface area contributed by atoms with Crippen LogP contribution in [0.25, 0.3) is 5.13 Å². The zero-order valence-corrected chi connectivity index (χ0v) is 13.4. The van der Waals surface area contributed by atoms with E-state index in [1.165, 1.54) is 22.2 Å². The van der Waals surface area contributed by atoms with E-state index in [1.807, 2.05) is 33.1 Å². The summed E-state index contributed by atoms with van der Waals surface area (Å²) in [5, 5.41) is 6.30. The lowest BCUT2D eigenvalue weighted by Crippen LogP contribution is -2.40. The molecule has 1 unspecified atom stereocenters. The first-order chi connectivity index (χ1) is 9.27. The smallest absolute Gasteiger partial charge is 0.210 e. The molecule has 0 fully saturated rings. The average molecular weight is 316 g/mol. The minimum Gasteiger partial charge on any atom is -0.598 e. The second-order valence-corrected chi connectivity index (χ2v) is 8.21. The molecule has 2 atom stereocenters. The normalized spacial score (nSPS) is 15.3. The highest BCUT2D eigenvalue weighted by molar-refractivity contribution is 7.90. The molecule has 0 saturated heterocycles. The molecule has 0 spiro atoms. The quantitative estimate of drug-likeness (QED) is 0.881. The molecular formula is C12H17FN4OS2. The first-order valence-corrected chi connectivity index (χ1v) is 8.14. The maximum absolute atomic E-state index is 12.9. The van der Waals surface area contributed by atoms with Gasteiger partial charge in [0.2, 0.25) is 5.13 Å². The van der Waals surface area contributed by atoms with E-state index in [9.17, 15) is 8.94 Å². The Morgan fingerprint density at radius 1 is 1.50 bits per heavy atom. The van der Waals surface area contributed by atoms with Crippen molar-refractivity contribution in [2.45, 2.75) is 38.5 Å². The Morgan fingerprint density at radius 3 is 2.75 bits per heavy atom. The van der Waals surface area contributed by atoms with Crippen LogP contribution in [0.1, 0.15) is 39.4 Å². The first kappa shape index (κ1) is 15.4. The van der Waals surface area contributed by atoms with E-state index in [0.717, 1.165) is 11.9 Å². The Labute approximate surface area is 124 Å². The molecule has 2 heterocycles. The highest BCUT2D eigenvalue weighted by Crippen LogP contribution is 2.22. The number of thiazole rings is 1. The number of nitrogens with one attached hydrogen (secondary N) is 1. The molecule has 2 aromatic heterocycles. The Morgan fingerprint density at radius 2 is 2.20 bits per heavy atom. The molecule has 0 aliphatic heterocycles. The summed E-state index contributed by atoms with van der Waals surface area (Å²) in [6.07, 6.45) is 2.41. The Hall–Kier alpha value is -0.960. The van der Waals surface area contributed by atoms with Crippen molar-refractivity contribution in [1.29, 1.82) is 0 Å². The van der Waals surface area contributed by atoms with Gasteiger partial charge < -0.3 is 4.55 Å². The van der Waals surface area contributed by atoms with Crippen LogP contribution in [-0.2, 0) is 11.4 Å². The Kier molecular flexibility index (Phi) is 4.48. The standard InChI is InChI=1S/C12H17FN4OS2/c1-8(16-20(18)12(2,3)4)10-7-19-11(15-10)17-6-9(13)5-14-17/h5-8,16H,1-4H3/t8-,20?/m0/s1. The molecule has 2 aromatic rings. The summed E-state index contributed by atoms with van der Waals surface area (Å²) >= 11 is 0.196. The van der Waals surface area contributed by atoms with Gasteiger partial charge in [0.1, 0.15) is 4.75 Å². The highest BCUT2D eigenvalue weighted by Gasteiger charge is 2.29. The summed E-state index contributed by atoms with van der Waals surface area (Å²) in [6.45, 7) is 7.61. The van der Waals surface area contributed by atoms with Gasteiger partial charge in [-0.05, 0) is 27.7 Å². The van der Waals surface area contributed by atoms with Crippen LogP contribution in [-0.4, -0.2) is 24.1 Å². The molecule has 0 aliphatic carbocycles. The second-order valence-electron chi connectivity index (χ2n) is 5.38. The minimum absolute atomic E-state index is 0.152. The van der Waals surface area contributed by atoms with Crippen LogP contribution >= 0.6 is 11.3 Å². The summed E-state index contributed by atoms with van der Waals surface area (Å²) < 4.78 is 29.0. The number of halogens is 1. The zero-order chi connectivity index (χ0) is 14.9. The van der Waals surface area contributed by atoms with Gasteiger partial charge in [0, 0.05) is 16.7 Å². The van der Waals surface area contributed by atoms with E-state index in [2.05, 4.69) is 14.8 Å². The summed E-state index contributed by atoms with van der Waals surface area (Å²) in [6, 6.07) is -0.152. The van der Waals surface area contributed by atoms with Crippen LogP contribution in [0, 0.1) is 5.82 Å². The van der Waals surface area contributed by atoms with Gasteiger partial charge in [0.15, 0.2) is 5.82 Å². The first-order valence-electron chi connectivity index (χ1n) is 6.11. The molecule has 2 rings (SSSR count). The van der Waals surface area contributed by atoms with Crippen molar-refractivity contribution in [3.05, 3.63) is 29.3 Å². The fourth-order valence-electron chi connectivity index (χ4n) is 1.38. The van der Waals surface area contributed by atoms with Crippen LogP contribution in [0.15, 0.2) is 17.8 Å². The van der Waals surface area contributed by atoms with Gasteiger partial charge in [-0.15, -0.1) is 16.1 Å². The predicted octanol–water partition coefficient (Wildman–Crippen LogP) is 2.58. The summed E-state index contributed by atoms with van der Waals surface area (Å²) in [5.41, 5.74) is 0.763. The van der Waals surface area contributed by atoms with Crippen molar-refractivity contribution in [3.63, 3.8) is 0 Å². The number of nitrogens with zero attached hydrogens (tertiary/aromatic N) is 3. The van der Waals surface area contributed by atoms with Crippen molar-refractivity contribution >= 4 is 22.7 Å². The van der Waals surface area contributed by atoms with Gasteiger partial charge in [0.05, 0.1) is 24.1 Å². The molecule has 1 N–H and O–H groups in total. The SMILES string of the molecule is C[C@H](N[S+]([O-])C(C)(C)C)c1csc(-n2cc(F)cn2)n1. The maximum Gasteiger partial charge on any atom is 0.210 e. The van der Waals surface area contributed by atoms with Gasteiger partial charge in [-0.1, -0.05) is 0 Å². The molecule has 110 valence electrons. The summed E-state index contributed by atoms with van der Waals surface area (Å²) in [4.78, 5) is 4.38. The lowest BCUT2D eigenvalue weighted by atomic mass is 10.3. The van der Waals surface area contributed by atoms with E-state index >= 15 is 0 Å². The number of hydrogen-bond donors (Lipinski definition) is 1. The lowest BCUT2D eigenvalue weighted by molar-refractivity contribution is 0.529. The van der Waals surface area contributed by atoms with E-state index in [-0.39, 0.29) is 10.8 Å². The minimum atomic E-state index is -1.17. The number of hydrogen-bond acceptors (Lipinski definition) is 5. The van der Waals surface area contributed by atoms with Crippen molar-refractivity contribution in [2.24, 2.45) is 0 Å². The largest absolute Gasteiger partial charge is 0.598 e. The third-order valence-electron chi connectivity index (χ3n) is 2.54. The molecule has 0 bridgehead atoms. The fourth-order valence-corrected chi connectivity index (χ4v) is 3.03. The predicted molar refractivity (Wildman–Crippen MR) is 78.6 cm³/mol. The molecule has 0 amide bonds. The van der Waals surface area contributed by atoms with Crippen molar-refractivity contribution in [1.82, 2.24) is 19.5 Å². The second kappa shape index (κ2) is 5.80. The highest BCUT2D eigenvalue weighted by atomic mass is 32.2. The summed E-state index contributed by atoms with van der Waals surface area (Å²) in [5.74, 6) is -0.401. The summed E-state index contributed by atoms with van der Waals surface area (Å²) in [7, 11) is 0. The molecular weight excluding hydrogens is 299 g/mol. The van der Waals surface area contributed by atoms with Crippen molar-refractivity contribution in [2.75, 3.05) is 0 Å². The Balaban J connectivity index is 2.09. The number of rotatable bonds is 4. The molecule has 0 aromatic carbocycles. The molecule has 8 heteroatoms. The molecule has 0 aliphatic rings. The van der Waals surface area contributed by atoms with E-state index < -0.39 is 17.2 Å². The van der Waals surface area contributed by atoms with Crippen LogP contribution < -0.4 is 4.72 Å². The van der Waals surface area contributed by atoms with Crippen LogP contribution in [0.4, 0.5) is 4.39 Å². The van der Waals surface area contributed by atoms with E-state index in [4.69, 9.17) is 0 Å². The molecule has 20 heavy (non-hydrogen) atoms. The maximum atomic E-state index is 12.9. The molecule has 0 saturated carbocycles. The third kappa shape index (κ3) is 3.57. The number of aromatic nitrogens is 3. The van der Waals surface area contributed by atoms with Crippen molar-refractivity contribution in [3.8, 4) is 5.13 Å². The van der Waals surface area contributed by atoms with Crippen molar-refractivity contribution < 1.29 is 8.94 Å². The van der Waals surface area contributed by atoms with Gasteiger partial charge in [-0.3, -0.25) is 0 Å². The van der Waals surface area contributed by atoms with Gasteiger partial charge in [0.25, 0.3) is 0 Å². The third-order valence-corrected chi connectivity index (χ3v) is 5.07. The van der Waals surface area contributed by atoms with E-state index in [1.54, 1.807) is 0 Å². The van der Waals surface area contributed by atoms with Gasteiger partial charge in [-0.25, -0.2) is 14.1 Å². The Bertz CT molecular complexity index is 578. The molecule has 0 radical (unpaired) electrons. The van der Waals surface area contributed by atoms with Crippen LogP contribution in [0.3, 0.4) is 0 Å². The van der Waals surface area contributed by atoms with Gasteiger partial charge in [-0.2, -0.15) is 5.10 Å². The topological polar surface area (TPSA) is 65.8 Å². The molecule has 5 nitrogen and oxygen atoms in total. The van der Waals surface area contributed by atoms with E-state index in [0.29, 0.717) is 5.13 Å². The van der Waals surface area contributed by atoms with Gasteiger partial charge >= 0.3 is 0 Å². The van der Waals surface area contributed by atoms with Crippen LogP contribution in [0.2, 0.25) is 0 Å². The zero-order valence-electron chi connectivity index (χ0n) is 11.8. The monoisotopic (exact) mass is 316 g/mol. The fraction of sp³-hybridized carbons (Fsp3) is 0.500. The lowest BCUT2D eigenvalue weighted by Gasteiger charge is -2.25. The van der Waals surface area contributed by atoms with Crippen LogP contribution in [0.5, 0.6) is 0 Å².